The van der Waals surface area contributed by atoms with E-state index in [1.54, 1.807) is 16.9 Å². The van der Waals surface area contributed by atoms with Crippen molar-refractivity contribution in [1.29, 1.82) is 0 Å². The predicted molar refractivity (Wildman–Crippen MR) is 122 cm³/mol. The molecule has 160 valence electrons. The Kier molecular flexibility index (Phi) is 6.37. The molecule has 4 aromatic heterocycles. The van der Waals surface area contributed by atoms with Gasteiger partial charge in [0.25, 0.3) is 0 Å². The van der Waals surface area contributed by atoms with E-state index in [1.807, 2.05) is 49.5 Å². The van der Waals surface area contributed by atoms with E-state index in [-0.39, 0.29) is 0 Å². The van der Waals surface area contributed by atoms with Gasteiger partial charge in [0.15, 0.2) is 11.6 Å². The summed E-state index contributed by atoms with van der Waals surface area (Å²) in [6.45, 7) is 3.64. The first-order valence-corrected chi connectivity index (χ1v) is 10.4. The summed E-state index contributed by atoms with van der Waals surface area (Å²) in [5, 5.41) is 8.02. The van der Waals surface area contributed by atoms with Gasteiger partial charge in [-0.25, -0.2) is 14.5 Å². The zero-order valence-corrected chi connectivity index (χ0v) is 18.1. The van der Waals surface area contributed by atoms with Crippen molar-refractivity contribution < 1.29 is 4.74 Å². The molecule has 0 aliphatic carbocycles. The van der Waals surface area contributed by atoms with E-state index in [1.165, 1.54) is 0 Å². The molecule has 0 spiro atoms. The predicted octanol–water partition coefficient (Wildman–Crippen LogP) is 3.96. The molecule has 0 amide bonds. The average Bonchev–Trinajstić information content (AvgIpc) is 3.23. The molecular weight excluding hydrogens is 390 g/mol. The summed E-state index contributed by atoms with van der Waals surface area (Å²) >= 11 is 0. The van der Waals surface area contributed by atoms with E-state index < -0.39 is 0 Å². The highest BCUT2D eigenvalue weighted by Crippen LogP contribution is 2.29. The molecule has 0 unspecified atom stereocenters. The molecule has 8 heteroatoms. The third-order valence-electron chi connectivity index (χ3n) is 4.80. The molecule has 0 fully saturated rings. The molecule has 8 nitrogen and oxygen atoms in total. The van der Waals surface area contributed by atoms with Gasteiger partial charge < -0.3 is 15.0 Å². The highest BCUT2D eigenvalue weighted by molar-refractivity contribution is 5.76. The lowest BCUT2D eigenvalue weighted by molar-refractivity contribution is 0.293. The molecule has 0 saturated heterocycles. The van der Waals surface area contributed by atoms with Crippen LogP contribution in [-0.4, -0.2) is 56.7 Å². The number of hydrogen-bond donors (Lipinski definition) is 1. The van der Waals surface area contributed by atoms with E-state index in [2.05, 4.69) is 39.4 Å². The Morgan fingerprint density at radius 2 is 1.97 bits per heavy atom. The standard InChI is InChI=1S/C23H27N7O/c1-17-8-6-9-19(25-17)22-27-23(20-10-7-14-30(20)28-22)26-18-11-12-24-16-21(18)31-15-5-4-13-29(2)3/h6-12,14,16H,4-5,13,15H2,1-3H3,(H,24,26,27,28). The number of nitrogens with one attached hydrogen (secondary N) is 1. The summed E-state index contributed by atoms with van der Waals surface area (Å²) < 4.78 is 7.81. The van der Waals surface area contributed by atoms with Crippen molar-refractivity contribution in [3.05, 3.63) is 60.7 Å². The molecule has 0 radical (unpaired) electrons. The number of nitrogens with zero attached hydrogens (tertiary/aromatic N) is 6. The summed E-state index contributed by atoms with van der Waals surface area (Å²) in [7, 11) is 4.16. The molecule has 0 saturated carbocycles. The van der Waals surface area contributed by atoms with Gasteiger partial charge in [-0.2, -0.15) is 0 Å². The van der Waals surface area contributed by atoms with Crippen LogP contribution in [0.1, 0.15) is 18.5 Å². The molecular formula is C23H27N7O. The van der Waals surface area contributed by atoms with Crippen LogP contribution in [0.5, 0.6) is 5.75 Å². The van der Waals surface area contributed by atoms with Gasteiger partial charge in [-0.3, -0.25) is 4.98 Å². The van der Waals surface area contributed by atoms with Crippen LogP contribution in [0.4, 0.5) is 11.5 Å². The van der Waals surface area contributed by atoms with E-state index in [0.29, 0.717) is 24.0 Å². The lowest BCUT2D eigenvalue weighted by atomic mass is 10.3. The summed E-state index contributed by atoms with van der Waals surface area (Å²) in [5.74, 6) is 1.93. The highest BCUT2D eigenvalue weighted by Gasteiger charge is 2.13. The maximum Gasteiger partial charge on any atom is 0.200 e. The van der Waals surface area contributed by atoms with Gasteiger partial charge in [0.2, 0.25) is 5.82 Å². The molecule has 0 aromatic carbocycles. The molecule has 0 aliphatic rings. The minimum Gasteiger partial charge on any atom is -0.490 e. The minimum absolute atomic E-state index is 0.551. The summed E-state index contributed by atoms with van der Waals surface area (Å²) in [5.41, 5.74) is 3.32. The van der Waals surface area contributed by atoms with Crippen LogP contribution in [0, 0.1) is 6.92 Å². The first-order valence-electron chi connectivity index (χ1n) is 10.4. The van der Waals surface area contributed by atoms with Crippen LogP contribution in [0.2, 0.25) is 0 Å². The number of pyridine rings is 2. The van der Waals surface area contributed by atoms with Gasteiger partial charge in [-0.1, -0.05) is 6.07 Å². The second kappa shape index (κ2) is 9.53. The number of unbranched alkanes of at least 4 members (excludes halogenated alkanes) is 1. The molecule has 4 rings (SSSR count). The van der Waals surface area contributed by atoms with Crippen LogP contribution in [-0.2, 0) is 0 Å². The summed E-state index contributed by atoms with van der Waals surface area (Å²) in [6.07, 6.45) is 7.43. The van der Waals surface area contributed by atoms with Gasteiger partial charge in [0.1, 0.15) is 11.2 Å². The largest absolute Gasteiger partial charge is 0.490 e. The van der Waals surface area contributed by atoms with Crippen molar-refractivity contribution in [3.8, 4) is 17.3 Å². The summed E-state index contributed by atoms with van der Waals surface area (Å²) in [4.78, 5) is 15.7. The monoisotopic (exact) mass is 417 g/mol. The molecule has 0 aliphatic heterocycles. The molecule has 4 heterocycles. The number of hydrogen-bond acceptors (Lipinski definition) is 7. The number of ether oxygens (including phenoxy) is 1. The normalized spacial score (nSPS) is 11.2. The number of aromatic nitrogens is 5. The van der Waals surface area contributed by atoms with Crippen molar-refractivity contribution in [2.45, 2.75) is 19.8 Å². The van der Waals surface area contributed by atoms with Crippen LogP contribution < -0.4 is 10.1 Å². The van der Waals surface area contributed by atoms with Gasteiger partial charge in [-0.15, -0.1) is 5.10 Å². The van der Waals surface area contributed by atoms with Crippen LogP contribution in [0.25, 0.3) is 17.0 Å². The third-order valence-corrected chi connectivity index (χ3v) is 4.80. The van der Waals surface area contributed by atoms with Crippen molar-refractivity contribution in [3.63, 3.8) is 0 Å². The first kappa shape index (κ1) is 20.7. The smallest absolute Gasteiger partial charge is 0.200 e. The maximum absolute atomic E-state index is 6.01. The van der Waals surface area contributed by atoms with Crippen LogP contribution in [0.15, 0.2) is 55.0 Å². The number of aryl methyl sites for hydroxylation is 1. The second-order valence-corrected chi connectivity index (χ2v) is 7.64. The van der Waals surface area contributed by atoms with Crippen molar-refractivity contribution >= 4 is 17.0 Å². The zero-order valence-electron chi connectivity index (χ0n) is 18.1. The van der Waals surface area contributed by atoms with E-state index in [9.17, 15) is 0 Å². The van der Waals surface area contributed by atoms with Crippen LogP contribution in [0.3, 0.4) is 0 Å². The Bertz CT molecular complexity index is 1160. The van der Waals surface area contributed by atoms with Gasteiger partial charge in [0, 0.05) is 18.1 Å². The van der Waals surface area contributed by atoms with E-state index in [4.69, 9.17) is 9.72 Å². The van der Waals surface area contributed by atoms with Crippen molar-refractivity contribution in [2.75, 3.05) is 32.6 Å². The fourth-order valence-corrected chi connectivity index (χ4v) is 3.24. The Morgan fingerprint density at radius 3 is 2.81 bits per heavy atom. The third kappa shape index (κ3) is 5.16. The zero-order chi connectivity index (χ0) is 21.6. The maximum atomic E-state index is 6.01. The van der Waals surface area contributed by atoms with E-state index >= 15 is 0 Å². The number of fused-ring (bicyclic) bond motifs is 1. The van der Waals surface area contributed by atoms with E-state index in [0.717, 1.165) is 42.0 Å². The fraction of sp³-hybridized carbons (Fsp3) is 0.304. The topological polar surface area (TPSA) is 80.5 Å². The summed E-state index contributed by atoms with van der Waals surface area (Å²) in [6, 6.07) is 11.6. The Labute approximate surface area is 181 Å². The van der Waals surface area contributed by atoms with Crippen molar-refractivity contribution in [1.82, 2.24) is 29.5 Å². The quantitative estimate of drug-likeness (QED) is 0.413. The second-order valence-electron chi connectivity index (χ2n) is 7.64. The molecule has 31 heavy (non-hydrogen) atoms. The highest BCUT2D eigenvalue weighted by atomic mass is 16.5. The average molecular weight is 418 g/mol. The molecule has 1 N–H and O–H groups in total. The molecule has 0 atom stereocenters. The molecule has 4 aromatic rings. The molecule has 0 bridgehead atoms. The fourth-order valence-electron chi connectivity index (χ4n) is 3.24. The SMILES string of the molecule is Cc1cccc(-c2nc(Nc3ccncc3OCCCCN(C)C)c3cccn3n2)n1. The number of rotatable bonds is 9. The minimum atomic E-state index is 0.551. The van der Waals surface area contributed by atoms with Crippen molar-refractivity contribution in [2.24, 2.45) is 0 Å². The van der Waals surface area contributed by atoms with Gasteiger partial charge in [-0.05, 0) is 70.7 Å². The first-order chi connectivity index (χ1) is 15.1. The Hall–Kier alpha value is -3.52. The lowest BCUT2D eigenvalue weighted by Crippen LogP contribution is -2.13. The van der Waals surface area contributed by atoms with Gasteiger partial charge in [0.05, 0.1) is 18.5 Å². The lowest BCUT2D eigenvalue weighted by Gasteiger charge is -2.14. The van der Waals surface area contributed by atoms with Crippen LogP contribution >= 0.6 is 0 Å². The van der Waals surface area contributed by atoms with Gasteiger partial charge >= 0.3 is 0 Å². The number of anilines is 2. The Balaban J connectivity index is 1.58. The Morgan fingerprint density at radius 1 is 1.06 bits per heavy atom.